The number of rotatable bonds is 6. The molecule has 1 N–H and O–H groups in total. The smallest absolute Gasteiger partial charge is 0.307 e. The molecule has 0 atom stereocenters. The van der Waals surface area contributed by atoms with Crippen molar-refractivity contribution in [1.29, 1.82) is 0 Å². The molecule has 7 nitrogen and oxygen atoms in total. The average molecular weight is 274 g/mol. The Morgan fingerprint density at radius 2 is 2.20 bits per heavy atom. The number of aromatic nitrogens is 4. The molecule has 0 unspecified atom stereocenters. The predicted octanol–water partition coefficient (Wildman–Crippen LogP) is 1.21. The van der Waals surface area contributed by atoms with Crippen LogP contribution < -0.4 is 4.74 Å². The first kappa shape index (κ1) is 12.6. The van der Waals surface area contributed by atoms with Gasteiger partial charge in [-0.2, -0.15) is 0 Å². The Balaban J connectivity index is 1.71. The number of benzene rings is 1. The van der Waals surface area contributed by atoms with Crippen LogP contribution in [0.3, 0.4) is 0 Å². The van der Waals surface area contributed by atoms with E-state index in [4.69, 9.17) is 9.84 Å². The third-order valence-electron chi connectivity index (χ3n) is 3.12. The lowest BCUT2D eigenvalue weighted by Gasteiger charge is -2.09. The van der Waals surface area contributed by atoms with Crippen molar-refractivity contribution in [2.75, 3.05) is 0 Å². The fourth-order valence-corrected chi connectivity index (χ4v) is 2.01. The molecule has 2 aromatic rings. The number of carbonyl (C=O) groups is 1. The quantitative estimate of drug-likeness (QED) is 0.851. The molecule has 1 aromatic carbocycles. The molecule has 0 spiro atoms. The second-order valence-electron chi connectivity index (χ2n) is 4.74. The van der Waals surface area contributed by atoms with Crippen LogP contribution in [0, 0.1) is 0 Å². The van der Waals surface area contributed by atoms with Crippen LogP contribution in [0.25, 0.3) is 0 Å². The molecule has 1 aliphatic rings. The number of tetrazole rings is 1. The van der Waals surface area contributed by atoms with Crippen molar-refractivity contribution >= 4 is 5.97 Å². The lowest BCUT2D eigenvalue weighted by atomic mass is 10.1. The van der Waals surface area contributed by atoms with Gasteiger partial charge in [0.2, 0.25) is 0 Å². The van der Waals surface area contributed by atoms with Gasteiger partial charge in [-0.1, -0.05) is 18.2 Å². The van der Waals surface area contributed by atoms with Crippen molar-refractivity contribution in [2.24, 2.45) is 0 Å². The molecule has 1 saturated carbocycles. The van der Waals surface area contributed by atoms with Gasteiger partial charge in [0.05, 0.1) is 12.5 Å². The van der Waals surface area contributed by atoms with Crippen molar-refractivity contribution in [3.05, 3.63) is 35.7 Å². The van der Waals surface area contributed by atoms with E-state index in [1.54, 1.807) is 22.9 Å². The van der Waals surface area contributed by atoms with Gasteiger partial charge in [0.25, 0.3) is 0 Å². The van der Waals surface area contributed by atoms with E-state index >= 15 is 0 Å². The summed E-state index contributed by atoms with van der Waals surface area (Å²) >= 11 is 0. The zero-order valence-electron chi connectivity index (χ0n) is 10.8. The van der Waals surface area contributed by atoms with Gasteiger partial charge in [-0.15, -0.1) is 5.10 Å². The molecule has 0 saturated heterocycles. The number of hydrogen-bond acceptors (Lipinski definition) is 5. The monoisotopic (exact) mass is 274 g/mol. The molecule has 1 heterocycles. The summed E-state index contributed by atoms with van der Waals surface area (Å²) in [5.74, 6) is 0.335. The van der Waals surface area contributed by atoms with Gasteiger partial charge >= 0.3 is 5.97 Å². The highest BCUT2D eigenvalue weighted by molar-refractivity contribution is 5.71. The van der Waals surface area contributed by atoms with E-state index in [1.165, 1.54) is 0 Å². The molecule has 0 amide bonds. The molecule has 1 fully saturated rings. The number of aliphatic carboxylic acids is 1. The molecule has 7 heteroatoms. The van der Waals surface area contributed by atoms with Crippen LogP contribution in [-0.4, -0.2) is 31.3 Å². The highest BCUT2D eigenvalue weighted by Crippen LogP contribution is 2.34. The lowest BCUT2D eigenvalue weighted by molar-refractivity contribution is -0.136. The second kappa shape index (κ2) is 5.28. The third-order valence-corrected chi connectivity index (χ3v) is 3.12. The Morgan fingerprint density at radius 1 is 1.40 bits per heavy atom. The van der Waals surface area contributed by atoms with Crippen LogP contribution in [0.1, 0.15) is 30.3 Å². The first-order chi connectivity index (χ1) is 9.74. The topological polar surface area (TPSA) is 90.1 Å². The van der Waals surface area contributed by atoms with Crippen LogP contribution in [0.15, 0.2) is 24.3 Å². The number of carboxylic acids is 1. The van der Waals surface area contributed by atoms with Crippen LogP contribution in [0.5, 0.6) is 5.75 Å². The SMILES string of the molecule is O=C(O)Cc1ccccc1OCc1nnnn1C1CC1. The third kappa shape index (κ3) is 2.76. The van der Waals surface area contributed by atoms with Crippen LogP contribution >= 0.6 is 0 Å². The lowest BCUT2D eigenvalue weighted by Crippen LogP contribution is -2.09. The van der Waals surface area contributed by atoms with E-state index in [-0.39, 0.29) is 13.0 Å². The van der Waals surface area contributed by atoms with Crippen molar-refractivity contribution < 1.29 is 14.6 Å². The Morgan fingerprint density at radius 3 is 2.95 bits per heavy atom. The minimum Gasteiger partial charge on any atom is -0.485 e. The van der Waals surface area contributed by atoms with E-state index in [0.717, 1.165) is 12.8 Å². The molecule has 0 aliphatic heterocycles. The summed E-state index contributed by atoms with van der Waals surface area (Å²) in [6.45, 7) is 0.236. The summed E-state index contributed by atoms with van der Waals surface area (Å²) in [6, 6.07) is 7.48. The van der Waals surface area contributed by atoms with E-state index in [9.17, 15) is 4.79 Å². The van der Waals surface area contributed by atoms with E-state index in [2.05, 4.69) is 15.5 Å². The summed E-state index contributed by atoms with van der Waals surface area (Å²) in [4.78, 5) is 10.8. The number of para-hydroxylation sites is 1. The summed E-state index contributed by atoms with van der Waals surface area (Å²) in [5.41, 5.74) is 0.644. The molecule has 0 radical (unpaired) electrons. The summed E-state index contributed by atoms with van der Waals surface area (Å²) in [5, 5.41) is 20.4. The first-order valence-corrected chi connectivity index (χ1v) is 6.43. The maximum absolute atomic E-state index is 10.8. The van der Waals surface area contributed by atoms with Crippen LogP contribution in [-0.2, 0) is 17.8 Å². The van der Waals surface area contributed by atoms with Crippen LogP contribution in [0.2, 0.25) is 0 Å². The molecular weight excluding hydrogens is 260 g/mol. The van der Waals surface area contributed by atoms with Gasteiger partial charge in [-0.05, 0) is 29.3 Å². The van der Waals surface area contributed by atoms with E-state index in [0.29, 0.717) is 23.2 Å². The standard InChI is InChI=1S/C13H14N4O3/c18-13(19)7-9-3-1-2-4-11(9)20-8-12-14-15-16-17(12)10-5-6-10/h1-4,10H,5-8H2,(H,18,19). The van der Waals surface area contributed by atoms with Gasteiger partial charge in [-0.3, -0.25) is 4.79 Å². The highest BCUT2D eigenvalue weighted by atomic mass is 16.5. The molecule has 104 valence electrons. The van der Waals surface area contributed by atoms with Gasteiger partial charge in [0.1, 0.15) is 12.4 Å². The minimum absolute atomic E-state index is 0.0657. The highest BCUT2D eigenvalue weighted by Gasteiger charge is 2.27. The fourth-order valence-electron chi connectivity index (χ4n) is 2.01. The molecule has 0 bridgehead atoms. The van der Waals surface area contributed by atoms with Gasteiger partial charge in [-0.25, -0.2) is 4.68 Å². The van der Waals surface area contributed by atoms with Gasteiger partial charge in [0.15, 0.2) is 5.82 Å². The summed E-state index contributed by atoms with van der Waals surface area (Å²) in [6.07, 6.45) is 2.12. The van der Waals surface area contributed by atoms with Gasteiger partial charge < -0.3 is 9.84 Å². The Labute approximate surface area is 115 Å². The fraction of sp³-hybridized carbons (Fsp3) is 0.385. The number of carboxylic acid groups (broad SMARTS) is 1. The Kier molecular flexibility index (Phi) is 3.32. The number of ether oxygens (including phenoxy) is 1. The van der Waals surface area contributed by atoms with Crippen molar-refractivity contribution in [3.8, 4) is 5.75 Å². The van der Waals surface area contributed by atoms with Crippen molar-refractivity contribution in [1.82, 2.24) is 20.2 Å². The zero-order chi connectivity index (χ0) is 13.9. The summed E-state index contributed by atoms with van der Waals surface area (Å²) in [7, 11) is 0. The maximum Gasteiger partial charge on any atom is 0.307 e. The van der Waals surface area contributed by atoms with Crippen molar-refractivity contribution in [2.45, 2.75) is 31.9 Å². The number of nitrogens with zero attached hydrogens (tertiary/aromatic N) is 4. The second-order valence-corrected chi connectivity index (χ2v) is 4.74. The molecule has 1 aliphatic carbocycles. The van der Waals surface area contributed by atoms with E-state index < -0.39 is 5.97 Å². The summed E-state index contributed by atoms with van der Waals surface area (Å²) < 4.78 is 7.45. The average Bonchev–Trinajstić information content (AvgIpc) is 3.16. The Hall–Kier alpha value is -2.44. The Bertz CT molecular complexity index is 622. The van der Waals surface area contributed by atoms with Gasteiger partial charge in [0, 0.05) is 5.56 Å². The number of hydrogen-bond donors (Lipinski definition) is 1. The predicted molar refractivity (Wildman–Crippen MR) is 68.2 cm³/mol. The maximum atomic E-state index is 10.8. The van der Waals surface area contributed by atoms with E-state index in [1.807, 2.05) is 6.07 Å². The first-order valence-electron chi connectivity index (χ1n) is 6.43. The molecular formula is C13H14N4O3. The van der Waals surface area contributed by atoms with Crippen LogP contribution in [0.4, 0.5) is 0 Å². The molecule has 1 aromatic heterocycles. The zero-order valence-corrected chi connectivity index (χ0v) is 10.8. The largest absolute Gasteiger partial charge is 0.485 e. The molecule has 3 rings (SSSR count). The normalized spacial score (nSPS) is 14.2. The minimum atomic E-state index is -0.885. The molecule has 20 heavy (non-hydrogen) atoms. The van der Waals surface area contributed by atoms with Crippen molar-refractivity contribution in [3.63, 3.8) is 0 Å².